The summed E-state index contributed by atoms with van der Waals surface area (Å²) in [5.74, 6) is 0.925. The molecule has 0 aliphatic carbocycles. The molecule has 0 radical (unpaired) electrons. The van der Waals surface area contributed by atoms with Gasteiger partial charge in [-0.05, 0) is 19.3 Å². The fraction of sp³-hybridized carbons (Fsp3) is 0.636. The molecule has 16 heavy (non-hydrogen) atoms. The fourth-order valence-electron chi connectivity index (χ4n) is 1.34. The van der Waals surface area contributed by atoms with Gasteiger partial charge in [-0.3, -0.25) is 0 Å². The van der Waals surface area contributed by atoms with Crippen LogP contribution in [0.4, 0.5) is 5.82 Å². The third-order valence-corrected chi connectivity index (χ3v) is 3.08. The van der Waals surface area contributed by atoms with Gasteiger partial charge < -0.3 is 10.4 Å². The molecular formula is C11H18ClN3O. The average Bonchev–Trinajstić information content (AvgIpc) is 2.28. The highest BCUT2D eigenvalue weighted by atomic mass is 35.5. The molecule has 0 spiro atoms. The summed E-state index contributed by atoms with van der Waals surface area (Å²) >= 11 is 5.99. The van der Waals surface area contributed by atoms with E-state index in [1.165, 1.54) is 6.33 Å². The lowest BCUT2D eigenvalue weighted by Gasteiger charge is -2.21. The van der Waals surface area contributed by atoms with Crippen LogP contribution in [-0.4, -0.2) is 27.7 Å². The van der Waals surface area contributed by atoms with Crippen LogP contribution in [0.3, 0.4) is 0 Å². The highest BCUT2D eigenvalue weighted by molar-refractivity contribution is 6.30. The molecule has 1 heterocycles. The van der Waals surface area contributed by atoms with Crippen LogP contribution in [0.1, 0.15) is 26.3 Å². The Hall–Kier alpha value is -0.870. The van der Waals surface area contributed by atoms with Crippen molar-refractivity contribution in [3.05, 3.63) is 17.0 Å². The van der Waals surface area contributed by atoms with Gasteiger partial charge in [0.1, 0.15) is 17.3 Å². The Kier molecular flexibility index (Phi) is 4.96. The second kappa shape index (κ2) is 6.01. The molecule has 2 atom stereocenters. The number of aliphatic hydroxyl groups excluding tert-OH is 1. The molecule has 0 aromatic carbocycles. The first kappa shape index (κ1) is 13.2. The van der Waals surface area contributed by atoms with Gasteiger partial charge in [0.15, 0.2) is 0 Å². The maximum atomic E-state index is 9.07. The summed E-state index contributed by atoms with van der Waals surface area (Å²) in [5.41, 5.74) is 0.918. The quantitative estimate of drug-likeness (QED) is 0.778. The second-order valence-electron chi connectivity index (χ2n) is 3.94. The van der Waals surface area contributed by atoms with Crippen LogP contribution in [0, 0.1) is 5.92 Å². The number of nitrogens with one attached hydrogen (secondary N) is 1. The van der Waals surface area contributed by atoms with E-state index in [0.29, 0.717) is 5.15 Å². The molecule has 0 saturated carbocycles. The first-order chi connectivity index (χ1) is 7.60. The summed E-state index contributed by atoms with van der Waals surface area (Å²) in [6.45, 7) is 6.15. The summed E-state index contributed by atoms with van der Waals surface area (Å²) in [4.78, 5) is 8.13. The first-order valence-corrected chi connectivity index (χ1v) is 5.84. The molecule has 4 nitrogen and oxygen atoms in total. The molecule has 0 saturated heterocycles. The lowest BCUT2D eigenvalue weighted by atomic mass is 10.0. The molecule has 2 N–H and O–H groups in total. The zero-order valence-electron chi connectivity index (χ0n) is 9.87. The summed E-state index contributed by atoms with van der Waals surface area (Å²) in [7, 11) is 0. The Morgan fingerprint density at radius 3 is 2.69 bits per heavy atom. The summed E-state index contributed by atoms with van der Waals surface area (Å²) < 4.78 is 0. The molecule has 0 bridgehead atoms. The fourth-order valence-corrected chi connectivity index (χ4v) is 1.61. The van der Waals surface area contributed by atoms with E-state index in [4.69, 9.17) is 16.7 Å². The number of halogens is 1. The highest BCUT2D eigenvalue weighted by Crippen LogP contribution is 2.21. The second-order valence-corrected chi connectivity index (χ2v) is 4.30. The third kappa shape index (κ3) is 3.06. The van der Waals surface area contributed by atoms with E-state index in [9.17, 15) is 0 Å². The molecule has 0 aliphatic heterocycles. The summed E-state index contributed by atoms with van der Waals surface area (Å²) in [6.07, 6.45) is 2.22. The highest BCUT2D eigenvalue weighted by Gasteiger charge is 2.14. The third-order valence-electron chi connectivity index (χ3n) is 2.75. The van der Waals surface area contributed by atoms with Crippen LogP contribution in [-0.2, 0) is 6.42 Å². The van der Waals surface area contributed by atoms with Crippen molar-refractivity contribution in [1.82, 2.24) is 9.97 Å². The van der Waals surface area contributed by atoms with Crippen molar-refractivity contribution in [2.24, 2.45) is 5.92 Å². The Balaban J connectivity index is 2.84. The van der Waals surface area contributed by atoms with E-state index >= 15 is 0 Å². The van der Waals surface area contributed by atoms with Gasteiger partial charge >= 0.3 is 0 Å². The number of hydrogen-bond acceptors (Lipinski definition) is 4. The molecule has 0 aliphatic rings. The molecule has 90 valence electrons. The van der Waals surface area contributed by atoms with Crippen LogP contribution in [0.5, 0.6) is 0 Å². The van der Waals surface area contributed by atoms with Gasteiger partial charge in [-0.2, -0.15) is 0 Å². The summed E-state index contributed by atoms with van der Waals surface area (Å²) in [5, 5.41) is 12.8. The van der Waals surface area contributed by atoms with Gasteiger partial charge in [-0.15, -0.1) is 0 Å². The van der Waals surface area contributed by atoms with Gasteiger partial charge in [0.25, 0.3) is 0 Å². The van der Waals surface area contributed by atoms with Crippen molar-refractivity contribution in [2.45, 2.75) is 33.2 Å². The smallest absolute Gasteiger partial charge is 0.137 e. The van der Waals surface area contributed by atoms with Crippen LogP contribution >= 0.6 is 11.6 Å². The molecule has 0 amide bonds. The Morgan fingerprint density at radius 1 is 1.44 bits per heavy atom. The van der Waals surface area contributed by atoms with E-state index in [1.807, 2.05) is 20.8 Å². The monoisotopic (exact) mass is 243 g/mol. The van der Waals surface area contributed by atoms with E-state index in [-0.39, 0.29) is 18.6 Å². The average molecular weight is 244 g/mol. The molecule has 1 aromatic heterocycles. The van der Waals surface area contributed by atoms with E-state index in [1.54, 1.807) is 0 Å². The number of aromatic nitrogens is 2. The zero-order valence-corrected chi connectivity index (χ0v) is 10.6. The van der Waals surface area contributed by atoms with Crippen LogP contribution in [0.2, 0.25) is 5.15 Å². The largest absolute Gasteiger partial charge is 0.396 e. The van der Waals surface area contributed by atoms with Gasteiger partial charge in [0.05, 0.1) is 0 Å². The van der Waals surface area contributed by atoms with Crippen molar-refractivity contribution in [2.75, 3.05) is 11.9 Å². The number of aliphatic hydroxyl groups is 1. The maximum Gasteiger partial charge on any atom is 0.137 e. The van der Waals surface area contributed by atoms with Crippen molar-refractivity contribution < 1.29 is 5.11 Å². The standard InChI is InChI=1S/C11H18ClN3O/c1-4-9-10(12)13-6-14-11(9)15-8(3)7(2)5-16/h6-8,16H,4-5H2,1-3H3,(H,13,14,15). The van der Waals surface area contributed by atoms with Crippen molar-refractivity contribution >= 4 is 17.4 Å². The van der Waals surface area contributed by atoms with Gasteiger partial charge in [0.2, 0.25) is 0 Å². The van der Waals surface area contributed by atoms with Gasteiger partial charge in [-0.25, -0.2) is 9.97 Å². The van der Waals surface area contributed by atoms with Crippen LogP contribution in [0.15, 0.2) is 6.33 Å². The topological polar surface area (TPSA) is 58.0 Å². The molecule has 1 aromatic rings. The van der Waals surface area contributed by atoms with E-state index in [0.717, 1.165) is 17.8 Å². The molecule has 0 fully saturated rings. The van der Waals surface area contributed by atoms with Gasteiger partial charge in [0, 0.05) is 18.2 Å². The minimum Gasteiger partial charge on any atom is -0.396 e. The van der Waals surface area contributed by atoms with Crippen LogP contribution < -0.4 is 5.32 Å². The summed E-state index contributed by atoms with van der Waals surface area (Å²) in [6, 6.07) is 0.140. The molecular weight excluding hydrogens is 226 g/mol. The van der Waals surface area contributed by atoms with Gasteiger partial charge in [-0.1, -0.05) is 25.4 Å². The number of rotatable bonds is 5. The van der Waals surface area contributed by atoms with Crippen molar-refractivity contribution in [3.63, 3.8) is 0 Å². The molecule has 5 heteroatoms. The normalized spacial score (nSPS) is 14.6. The minimum atomic E-state index is 0.140. The predicted octanol–water partition coefficient (Wildman–Crippen LogP) is 2.12. The number of anilines is 1. The lowest BCUT2D eigenvalue weighted by molar-refractivity contribution is 0.226. The number of hydrogen-bond donors (Lipinski definition) is 2. The van der Waals surface area contributed by atoms with E-state index < -0.39 is 0 Å². The lowest BCUT2D eigenvalue weighted by Crippen LogP contribution is -2.27. The zero-order chi connectivity index (χ0) is 12.1. The van der Waals surface area contributed by atoms with Crippen molar-refractivity contribution in [1.29, 1.82) is 0 Å². The Labute approximate surface area is 101 Å². The Bertz CT molecular complexity index is 346. The van der Waals surface area contributed by atoms with E-state index in [2.05, 4.69) is 15.3 Å². The Morgan fingerprint density at radius 2 is 2.12 bits per heavy atom. The number of nitrogens with zero attached hydrogens (tertiary/aromatic N) is 2. The van der Waals surface area contributed by atoms with Crippen molar-refractivity contribution in [3.8, 4) is 0 Å². The molecule has 2 unspecified atom stereocenters. The minimum absolute atomic E-state index is 0.140. The maximum absolute atomic E-state index is 9.07. The molecule has 1 rings (SSSR count). The van der Waals surface area contributed by atoms with Crippen LogP contribution in [0.25, 0.3) is 0 Å². The predicted molar refractivity (Wildman–Crippen MR) is 65.8 cm³/mol. The first-order valence-electron chi connectivity index (χ1n) is 5.46. The SMILES string of the molecule is CCc1c(Cl)ncnc1NC(C)C(C)CO.